The van der Waals surface area contributed by atoms with Gasteiger partial charge in [-0.25, -0.2) is 10.8 Å². The third kappa shape index (κ3) is 2.71. The predicted molar refractivity (Wildman–Crippen MR) is 84.9 cm³/mol. The van der Waals surface area contributed by atoms with Crippen LogP contribution in [0.25, 0.3) is 10.2 Å². The van der Waals surface area contributed by atoms with E-state index < -0.39 is 0 Å². The first-order chi connectivity index (χ1) is 9.57. The number of aromatic nitrogens is 2. The van der Waals surface area contributed by atoms with Crippen LogP contribution in [-0.2, 0) is 0 Å². The standard InChI is InChI=1S/C14H21N5S/c1-14(2)6-3-9(4-7-14)16-11-10-5-8-20-12(10)18-13(17-11)19-15/h5,8-9H,3-4,6-7,15H2,1-2H3,(H2,16,17,18,19). The topological polar surface area (TPSA) is 75.9 Å². The van der Waals surface area contributed by atoms with Gasteiger partial charge in [-0.2, -0.15) is 4.98 Å². The number of anilines is 2. The summed E-state index contributed by atoms with van der Waals surface area (Å²) in [6.07, 6.45) is 4.89. The molecule has 0 aliphatic heterocycles. The van der Waals surface area contributed by atoms with Gasteiger partial charge in [-0.15, -0.1) is 11.3 Å². The lowest BCUT2D eigenvalue weighted by Crippen LogP contribution is -2.30. The van der Waals surface area contributed by atoms with Gasteiger partial charge in [-0.1, -0.05) is 13.8 Å². The molecule has 5 nitrogen and oxygen atoms in total. The van der Waals surface area contributed by atoms with Crippen LogP contribution in [0.2, 0.25) is 0 Å². The summed E-state index contributed by atoms with van der Waals surface area (Å²) in [5.74, 6) is 6.82. The zero-order chi connectivity index (χ0) is 14.2. The minimum atomic E-state index is 0.471. The molecule has 2 aromatic heterocycles. The first kappa shape index (κ1) is 13.6. The summed E-state index contributed by atoms with van der Waals surface area (Å²) < 4.78 is 0. The molecule has 108 valence electrons. The lowest BCUT2D eigenvalue weighted by Gasteiger charge is -2.34. The molecule has 0 aromatic carbocycles. The van der Waals surface area contributed by atoms with Crippen molar-refractivity contribution in [3.63, 3.8) is 0 Å². The average molecular weight is 291 g/mol. The van der Waals surface area contributed by atoms with Gasteiger partial charge in [0.2, 0.25) is 5.95 Å². The molecule has 1 fully saturated rings. The number of nitrogen functional groups attached to an aromatic ring is 1. The first-order valence-corrected chi connectivity index (χ1v) is 7.94. The van der Waals surface area contributed by atoms with E-state index in [0.29, 0.717) is 17.4 Å². The van der Waals surface area contributed by atoms with E-state index in [0.717, 1.165) is 16.0 Å². The Bertz CT molecular complexity index is 597. The molecule has 2 aromatic rings. The average Bonchev–Trinajstić information content (AvgIpc) is 2.89. The SMILES string of the molecule is CC1(C)CCC(Nc2nc(NN)nc3sccc23)CC1. The molecule has 3 rings (SSSR count). The molecular weight excluding hydrogens is 270 g/mol. The van der Waals surface area contributed by atoms with Crippen molar-refractivity contribution >= 4 is 33.3 Å². The van der Waals surface area contributed by atoms with Gasteiger partial charge >= 0.3 is 0 Å². The highest BCUT2D eigenvalue weighted by Crippen LogP contribution is 2.37. The Labute approximate surface area is 123 Å². The van der Waals surface area contributed by atoms with Crippen LogP contribution in [0.5, 0.6) is 0 Å². The van der Waals surface area contributed by atoms with Crippen molar-refractivity contribution in [3.05, 3.63) is 11.4 Å². The number of hydrogen-bond donors (Lipinski definition) is 3. The molecule has 0 saturated heterocycles. The molecule has 20 heavy (non-hydrogen) atoms. The maximum absolute atomic E-state index is 5.45. The maximum Gasteiger partial charge on any atom is 0.240 e. The molecular formula is C14H21N5S. The first-order valence-electron chi connectivity index (χ1n) is 7.06. The molecule has 0 atom stereocenters. The number of nitrogens with zero attached hydrogens (tertiary/aromatic N) is 2. The predicted octanol–water partition coefficient (Wildman–Crippen LogP) is 3.36. The van der Waals surface area contributed by atoms with Crippen molar-refractivity contribution in [2.24, 2.45) is 11.3 Å². The van der Waals surface area contributed by atoms with Gasteiger partial charge in [0.15, 0.2) is 0 Å². The minimum Gasteiger partial charge on any atom is -0.367 e. The van der Waals surface area contributed by atoms with E-state index in [9.17, 15) is 0 Å². The van der Waals surface area contributed by atoms with E-state index in [2.05, 4.69) is 40.6 Å². The monoisotopic (exact) mass is 291 g/mol. The Morgan fingerprint density at radius 2 is 2.05 bits per heavy atom. The summed E-state index contributed by atoms with van der Waals surface area (Å²) in [4.78, 5) is 9.80. The summed E-state index contributed by atoms with van der Waals surface area (Å²) in [5, 5.41) is 6.70. The van der Waals surface area contributed by atoms with E-state index in [4.69, 9.17) is 5.84 Å². The molecule has 4 N–H and O–H groups in total. The van der Waals surface area contributed by atoms with Gasteiger partial charge in [0.1, 0.15) is 10.6 Å². The van der Waals surface area contributed by atoms with Crippen molar-refractivity contribution in [1.82, 2.24) is 9.97 Å². The molecule has 0 spiro atoms. The number of nitrogens with one attached hydrogen (secondary N) is 2. The molecule has 0 bridgehead atoms. The number of rotatable bonds is 3. The van der Waals surface area contributed by atoms with E-state index in [1.165, 1.54) is 25.7 Å². The van der Waals surface area contributed by atoms with Crippen LogP contribution < -0.4 is 16.6 Å². The lowest BCUT2D eigenvalue weighted by atomic mass is 9.75. The Hall–Kier alpha value is -1.40. The van der Waals surface area contributed by atoms with E-state index in [1.807, 2.05) is 5.38 Å². The van der Waals surface area contributed by atoms with E-state index >= 15 is 0 Å². The fourth-order valence-electron chi connectivity index (χ4n) is 2.77. The van der Waals surface area contributed by atoms with Crippen molar-refractivity contribution in [1.29, 1.82) is 0 Å². The quantitative estimate of drug-likeness (QED) is 0.597. The second kappa shape index (κ2) is 5.18. The van der Waals surface area contributed by atoms with Gasteiger partial charge < -0.3 is 5.32 Å². The van der Waals surface area contributed by atoms with Gasteiger partial charge in [0, 0.05) is 6.04 Å². The molecule has 0 radical (unpaired) electrons. The normalized spacial score (nSPS) is 19.1. The van der Waals surface area contributed by atoms with Gasteiger partial charge in [0.25, 0.3) is 0 Å². The Kier molecular flexibility index (Phi) is 3.52. The summed E-state index contributed by atoms with van der Waals surface area (Å²) in [6, 6.07) is 2.56. The van der Waals surface area contributed by atoms with Crippen LogP contribution in [0.1, 0.15) is 39.5 Å². The highest BCUT2D eigenvalue weighted by Gasteiger charge is 2.27. The fourth-order valence-corrected chi connectivity index (χ4v) is 3.53. The molecule has 0 unspecified atom stereocenters. The molecule has 6 heteroatoms. The van der Waals surface area contributed by atoms with Crippen molar-refractivity contribution < 1.29 is 0 Å². The van der Waals surface area contributed by atoms with E-state index in [1.54, 1.807) is 11.3 Å². The van der Waals surface area contributed by atoms with Crippen molar-refractivity contribution in [2.45, 2.75) is 45.6 Å². The zero-order valence-corrected chi connectivity index (χ0v) is 12.8. The minimum absolute atomic E-state index is 0.471. The van der Waals surface area contributed by atoms with Crippen LogP contribution in [0, 0.1) is 5.41 Å². The third-order valence-corrected chi connectivity index (χ3v) is 4.94. The number of hydrogen-bond acceptors (Lipinski definition) is 6. The Balaban J connectivity index is 1.82. The molecule has 2 heterocycles. The van der Waals surface area contributed by atoms with Gasteiger partial charge in [-0.05, 0) is 42.5 Å². The number of fused-ring (bicyclic) bond motifs is 1. The second-order valence-corrected chi connectivity index (χ2v) is 7.16. The van der Waals surface area contributed by atoms with Crippen molar-refractivity contribution in [3.8, 4) is 0 Å². The van der Waals surface area contributed by atoms with Crippen LogP contribution in [-0.4, -0.2) is 16.0 Å². The van der Waals surface area contributed by atoms with Crippen molar-refractivity contribution in [2.75, 3.05) is 10.7 Å². The van der Waals surface area contributed by atoms with E-state index in [-0.39, 0.29) is 0 Å². The smallest absolute Gasteiger partial charge is 0.240 e. The van der Waals surface area contributed by atoms with Crippen LogP contribution >= 0.6 is 11.3 Å². The molecule has 1 aliphatic rings. The lowest BCUT2D eigenvalue weighted by molar-refractivity contribution is 0.232. The maximum atomic E-state index is 5.45. The Morgan fingerprint density at radius 3 is 2.75 bits per heavy atom. The molecule has 0 amide bonds. The summed E-state index contributed by atoms with van der Waals surface area (Å²) in [7, 11) is 0. The van der Waals surface area contributed by atoms with Gasteiger partial charge in [0.05, 0.1) is 5.39 Å². The molecule has 1 saturated carbocycles. The number of hydrazine groups is 1. The van der Waals surface area contributed by atoms with Crippen LogP contribution in [0.3, 0.4) is 0 Å². The zero-order valence-electron chi connectivity index (χ0n) is 11.9. The van der Waals surface area contributed by atoms with Crippen LogP contribution in [0.4, 0.5) is 11.8 Å². The van der Waals surface area contributed by atoms with Gasteiger partial charge in [-0.3, -0.25) is 5.43 Å². The summed E-state index contributed by atoms with van der Waals surface area (Å²) in [5.41, 5.74) is 3.02. The number of thiophene rings is 1. The third-order valence-electron chi connectivity index (χ3n) is 4.13. The largest absolute Gasteiger partial charge is 0.367 e. The highest BCUT2D eigenvalue weighted by molar-refractivity contribution is 7.16. The summed E-state index contributed by atoms with van der Waals surface area (Å²) >= 11 is 1.61. The molecule has 1 aliphatic carbocycles. The summed E-state index contributed by atoms with van der Waals surface area (Å²) in [6.45, 7) is 4.70. The fraction of sp³-hybridized carbons (Fsp3) is 0.571. The Morgan fingerprint density at radius 1 is 1.30 bits per heavy atom. The van der Waals surface area contributed by atoms with Crippen LogP contribution in [0.15, 0.2) is 11.4 Å². The second-order valence-electron chi connectivity index (χ2n) is 6.26. The highest BCUT2D eigenvalue weighted by atomic mass is 32.1. The number of nitrogens with two attached hydrogens (primary N) is 1.